The van der Waals surface area contributed by atoms with Gasteiger partial charge in [0, 0.05) is 11.6 Å². The van der Waals surface area contributed by atoms with Gasteiger partial charge in [-0.3, -0.25) is 0 Å². The number of aliphatic hydroxyl groups is 1. The second-order valence-corrected chi connectivity index (χ2v) is 4.01. The highest BCUT2D eigenvalue weighted by molar-refractivity contribution is 4.87. The van der Waals surface area contributed by atoms with E-state index >= 15 is 0 Å². The van der Waals surface area contributed by atoms with Gasteiger partial charge in [-0.25, -0.2) is 0 Å². The zero-order chi connectivity index (χ0) is 10.5. The maximum absolute atomic E-state index is 9.41. The predicted octanol–water partition coefficient (Wildman–Crippen LogP) is 2.31. The van der Waals surface area contributed by atoms with Crippen LogP contribution < -0.4 is 5.32 Å². The maximum Gasteiger partial charge on any atom is 0.0662 e. The summed E-state index contributed by atoms with van der Waals surface area (Å²) in [7, 11) is 0. The molecule has 0 saturated carbocycles. The van der Waals surface area contributed by atoms with Gasteiger partial charge in [-0.2, -0.15) is 0 Å². The molecule has 0 aliphatic heterocycles. The Morgan fingerprint density at radius 3 is 1.69 bits per heavy atom. The number of rotatable bonds is 6. The molecule has 80 valence electrons. The molecule has 0 bridgehead atoms. The third-order valence-corrected chi connectivity index (χ3v) is 3.29. The van der Waals surface area contributed by atoms with Gasteiger partial charge >= 0.3 is 0 Å². The lowest BCUT2D eigenvalue weighted by Gasteiger charge is -2.36. The molecule has 0 saturated heterocycles. The van der Waals surface area contributed by atoms with Crippen LogP contribution >= 0.6 is 0 Å². The number of hydrogen-bond acceptors (Lipinski definition) is 2. The van der Waals surface area contributed by atoms with E-state index in [1.165, 1.54) is 0 Å². The van der Waals surface area contributed by atoms with Crippen LogP contribution in [0.3, 0.4) is 0 Å². The molecule has 2 N–H and O–H groups in total. The summed E-state index contributed by atoms with van der Waals surface area (Å²) in [6.45, 7) is 10.5. The Bertz CT molecular complexity index is 122. The van der Waals surface area contributed by atoms with E-state index in [2.05, 4.69) is 26.1 Å². The minimum Gasteiger partial charge on any atom is -0.392 e. The molecule has 0 heterocycles. The molecular weight excluding hydrogens is 162 g/mol. The first-order chi connectivity index (χ1) is 6.01. The van der Waals surface area contributed by atoms with Crippen molar-refractivity contribution in [1.29, 1.82) is 0 Å². The molecule has 0 aromatic rings. The zero-order valence-corrected chi connectivity index (χ0v) is 9.72. The first-order valence-corrected chi connectivity index (χ1v) is 5.47. The topological polar surface area (TPSA) is 32.3 Å². The van der Waals surface area contributed by atoms with Gasteiger partial charge in [0.2, 0.25) is 0 Å². The number of aliphatic hydroxyl groups excluding tert-OH is 1. The molecule has 0 fully saturated rings. The van der Waals surface area contributed by atoms with Crippen molar-refractivity contribution in [2.45, 2.75) is 71.6 Å². The molecule has 13 heavy (non-hydrogen) atoms. The zero-order valence-electron chi connectivity index (χ0n) is 9.72. The Kier molecular flexibility index (Phi) is 5.57. The van der Waals surface area contributed by atoms with Crippen LogP contribution in [-0.4, -0.2) is 22.8 Å². The van der Waals surface area contributed by atoms with Crippen LogP contribution in [0.25, 0.3) is 0 Å². The molecule has 0 rings (SSSR count). The van der Waals surface area contributed by atoms with E-state index in [9.17, 15) is 5.11 Å². The van der Waals surface area contributed by atoms with Gasteiger partial charge in [0.25, 0.3) is 0 Å². The molecule has 0 aliphatic rings. The van der Waals surface area contributed by atoms with Crippen LogP contribution in [0, 0.1) is 0 Å². The summed E-state index contributed by atoms with van der Waals surface area (Å²) >= 11 is 0. The lowest BCUT2D eigenvalue weighted by molar-refractivity contribution is 0.122. The predicted molar refractivity (Wildman–Crippen MR) is 57.9 cm³/mol. The largest absolute Gasteiger partial charge is 0.392 e. The molecule has 0 aliphatic carbocycles. The molecule has 0 amide bonds. The van der Waals surface area contributed by atoms with Crippen molar-refractivity contribution < 1.29 is 5.11 Å². The van der Waals surface area contributed by atoms with Crippen molar-refractivity contribution in [2.24, 2.45) is 0 Å². The summed E-state index contributed by atoms with van der Waals surface area (Å²) in [6.07, 6.45) is 3.09. The second kappa shape index (κ2) is 5.61. The molecule has 0 spiro atoms. The van der Waals surface area contributed by atoms with Crippen molar-refractivity contribution in [3.63, 3.8) is 0 Å². The Balaban J connectivity index is 4.24. The van der Waals surface area contributed by atoms with Crippen molar-refractivity contribution >= 4 is 0 Å². The van der Waals surface area contributed by atoms with Crippen molar-refractivity contribution in [1.82, 2.24) is 5.32 Å². The van der Waals surface area contributed by atoms with Gasteiger partial charge in [0.05, 0.1) is 6.10 Å². The fraction of sp³-hybridized carbons (Fsp3) is 1.00. The molecule has 2 atom stereocenters. The lowest BCUT2D eigenvalue weighted by Crippen LogP contribution is -2.51. The Morgan fingerprint density at radius 1 is 1.08 bits per heavy atom. The quantitative estimate of drug-likeness (QED) is 0.669. The standard InChI is InChI=1S/C11H25NO/c1-6-11(7-2,8-3)12-9(4)10(5)13/h9-10,12-13H,6-8H2,1-5H3. The summed E-state index contributed by atoms with van der Waals surface area (Å²) in [5, 5.41) is 12.9. The molecule has 0 aromatic heterocycles. The number of nitrogens with one attached hydrogen (secondary N) is 1. The summed E-state index contributed by atoms with van der Waals surface area (Å²) < 4.78 is 0. The van der Waals surface area contributed by atoms with Crippen molar-refractivity contribution in [2.75, 3.05) is 0 Å². The van der Waals surface area contributed by atoms with Crippen LogP contribution in [0.5, 0.6) is 0 Å². The van der Waals surface area contributed by atoms with Crippen molar-refractivity contribution in [3.05, 3.63) is 0 Å². The normalized spacial score (nSPS) is 17.1. The van der Waals surface area contributed by atoms with E-state index in [1.807, 2.05) is 13.8 Å². The molecule has 0 radical (unpaired) electrons. The van der Waals surface area contributed by atoms with E-state index in [1.54, 1.807) is 0 Å². The van der Waals surface area contributed by atoms with Gasteiger partial charge in [0.1, 0.15) is 0 Å². The van der Waals surface area contributed by atoms with E-state index in [-0.39, 0.29) is 17.7 Å². The third kappa shape index (κ3) is 3.65. The average Bonchev–Trinajstić information content (AvgIpc) is 2.14. The molecular formula is C11H25NO. The monoisotopic (exact) mass is 187 g/mol. The average molecular weight is 187 g/mol. The van der Waals surface area contributed by atoms with Gasteiger partial charge < -0.3 is 10.4 Å². The van der Waals surface area contributed by atoms with E-state index in [0.717, 1.165) is 19.3 Å². The van der Waals surface area contributed by atoms with Crippen LogP contribution in [-0.2, 0) is 0 Å². The van der Waals surface area contributed by atoms with Crippen molar-refractivity contribution in [3.8, 4) is 0 Å². The van der Waals surface area contributed by atoms with E-state index < -0.39 is 0 Å². The molecule has 2 heteroatoms. The van der Waals surface area contributed by atoms with Crippen LogP contribution in [0.15, 0.2) is 0 Å². The molecule has 0 aromatic carbocycles. The number of hydrogen-bond donors (Lipinski definition) is 2. The van der Waals surface area contributed by atoms with Crippen LogP contribution in [0.4, 0.5) is 0 Å². The van der Waals surface area contributed by atoms with Gasteiger partial charge in [-0.15, -0.1) is 0 Å². The summed E-state index contributed by atoms with van der Waals surface area (Å²) in [5.74, 6) is 0. The van der Waals surface area contributed by atoms with E-state index in [0.29, 0.717) is 0 Å². The summed E-state index contributed by atoms with van der Waals surface area (Å²) in [4.78, 5) is 0. The van der Waals surface area contributed by atoms with Crippen LogP contribution in [0.2, 0.25) is 0 Å². The fourth-order valence-corrected chi connectivity index (χ4v) is 1.66. The minimum absolute atomic E-state index is 0.180. The summed E-state index contributed by atoms with van der Waals surface area (Å²) in [6, 6.07) is 0.180. The SMILES string of the molecule is CCC(CC)(CC)NC(C)C(C)O. The van der Waals surface area contributed by atoms with E-state index in [4.69, 9.17) is 0 Å². The second-order valence-electron chi connectivity index (χ2n) is 4.01. The lowest BCUT2D eigenvalue weighted by atomic mass is 9.88. The highest BCUT2D eigenvalue weighted by Crippen LogP contribution is 2.20. The van der Waals surface area contributed by atoms with Gasteiger partial charge in [0.15, 0.2) is 0 Å². The third-order valence-electron chi connectivity index (χ3n) is 3.29. The Hall–Kier alpha value is -0.0800. The first-order valence-electron chi connectivity index (χ1n) is 5.47. The Morgan fingerprint density at radius 2 is 1.46 bits per heavy atom. The summed E-state index contributed by atoms with van der Waals surface area (Å²) in [5.41, 5.74) is 0.219. The smallest absolute Gasteiger partial charge is 0.0662 e. The highest BCUT2D eigenvalue weighted by atomic mass is 16.3. The molecule has 2 unspecified atom stereocenters. The van der Waals surface area contributed by atoms with Gasteiger partial charge in [-0.05, 0) is 33.1 Å². The Labute approximate surface area is 82.7 Å². The van der Waals surface area contributed by atoms with Crippen LogP contribution in [0.1, 0.15) is 53.9 Å². The minimum atomic E-state index is -0.274. The molecule has 2 nitrogen and oxygen atoms in total. The maximum atomic E-state index is 9.41. The highest BCUT2D eigenvalue weighted by Gasteiger charge is 2.26. The fourth-order valence-electron chi connectivity index (χ4n) is 1.66. The first kappa shape index (κ1) is 12.9. The van der Waals surface area contributed by atoms with Gasteiger partial charge in [-0.1, -0.05) is 20.8 Å².